The third-order valence-corrected chi connectivity index (χ3v) is 3.17. The van der Waals surface area contributed by atoms with Gasteiger partial charge in [-0.05, 0) is 54.7 Å². The van der Waals surface area contributed by atoms with E-state index in [1.807, 2.05) is 0 Å². The molecule has 22 heavy (non-hydrogen) atoms. The van der Waals surface area contributed by atoms with Crippen molar-refractivity contribution in [1.82, 2.24) is 0 Å². The van der Waals surface area contributed by atoms with Crippen molar-refractivity contribution in [3.05, 3.63) is 58.9 Å². The minimum atomic E-state index is -4.39. The van der Waals surface area contributed by atoms with E-state index >= 15 is 0 Å². The van der Waals surface area contributed by atoms with E-state index < -0.39 is 17.6 Å². The van der Waals surface area contributed by atoms with Crippen molar-refractivity contribution in [3.8, 4) is 0 Å². The smallest absolute Gasteiger partial charge is 0.332 e. The van der Waals surface area contributed by atoms with E-state index in [0.717, 1.165) is 18.2 Å². The minimum Gasteiger partial charge on any atom is -0.332 e. The Morgan fingerprint density at radius 3 is 2.18 bits per heavy atom. The van der Waals surface area contributed by atoms with Crippen LogP contribution in [0.4, 0.5) is 28.9 Å². The molecule has 0 spiro atoms. The predicted molar refractivity (Wildman–Crippen MR) is 82.7 cm³/mol. The van der Waals surface area contributed by atoms with Crippen molar-refractivity contribution >= 4 is 40.3 Å². The lowest BCUT2D eigenvalue weighted by Gasteiger charge is -2.12. The molecule has 116 valence electrons. The molecule has 0 aromatic heterocycles. The fourth-order valence-corrected chi connectivity index (χ4v) is 2.06. The van der Waals surface area contributed by atoms with Gasteiger partial charge in [0.2, 0.25) is 0 Å². The molecule has 2 rings (SSSR count). The van der Waals surface area contributed by atoms with Gasteiger partial charge in [0.15, 0.2) is 5.11 Å². The number of benzene rings is 2. The van der Waals surface area contributed by atoms with E-state index in [-0.39, 0.29) is 10.1 Å². The molecular weight excluding hydrogens is 340 g/mol. The summed E-state index contributed by atoms with van der Waals surface area (Å²) in [5.74, 6) is -0.489. The molecule has 0 fully saturated rings. The summed E-state index contributed by atoms with van der Waals surface area (Å²) in [4.78, 5) is 0. The van der Waals surface area contributed by atoms with Gasteiger partial charge in [-0.3, -0.25) is 0 Å². The molecule has 0 aliphatic heterocycles. The van der Waals surface area contributed by atoms with Crippen LogP contribution in [0.2, 0.25) is 5.02 Å². The Morgan fingerprint density at radius 2 is 1.64 bits per heavy atom. The first kappa shape index (κ1) is 16.5. The molecule has 2 aromatic rings. The van der Waals surface area contributed by atoms with Crippen molar-refractivity contribution < 1.29 is 17.6 Å². The van der Waals surface area contributed by atoms with Gasteiger partial charge in [0.1, 0.15) is 5.82 Å². The van der Waals surface area contributed by atoms with Gasteiger partial charge in [-0.2, -0.15) is 13.2 Å². The van der Waals surface area contributed by atoms with E-state index in [0.29, 0.717) is 11.4 Å². The standard InChI is InChI=1S/C14H9ClF4N2S/c15-11-7-9(16)3-6-12(11)21-13(22)20-10-4-1-8(2-5-10)14(17,18)19/h1-7H,(H2,20,21,22). The van der Waals surface area contributed by atoms with Crippen molar-refractivity contribution in [2.24, 2.45) is 0 Å². The lowest BCUT2D eigenvalue weighted by atomic mass is 10.2. The van der Waals surface area contributed by atoms with Crippen LogP contribution in [0.3, 0.4) is 0 Å². The van der Waals surface area contributed by atoms with Gasteiger partial charge in [-0.25, -0.2) is 4.39 Å². The lowest BCUT2D eigenvalue weighted by Crippen LogP contribution is -2.19. The van der Waals surface area contributed by atoms with Crippen molar-refractivity contribution in [1.29, 1.82) is 0 Å². The van der Waals surface area contributed by atoms with E-state index in [4.69, 9.17) is 23.8 Å². The zero-order chi connectivity index (χ0) is 16.3. The van der Waals surface area contributed by atoms with Crippen LogP contribution in [0, 0.1) is 5.82 Å². The van der Waals surface area contributed by atoms with Gasteiger partial charge >= 0.3 is 6.18 Å². The molecule has 0 amide bonds. The van der Waals surface area contributed by atoms with E-state index in [1.54, 1.807) is 0 Å². The third kappa shape index (κ3) is 4.32. The first-order chi connectivity index (χ1) is 10.3. The van der Waals surface area contributed by atoms with Gasteiger partial charge in [0.25, 0.3) is 0 Å². The average Bonchev–Trinajstić information content (AvgIpc) is 2.41. The number of nitrogens with one attached hydrogen (secondary N) is 2. The van der Waals surface area contributed by atoms with Crippen molar-refractivity contribution in [3.63, 3.8) is 0 Å². The van der Waals surface area contributed by atoms with Crippen molar-refractivity contribution in [2.75, 3.05) is 10.6 Å². The lowest BCUT2D eigenvalue weighted by molar-refractivity contribution is -0.137. The molecule has 0 heterocycles. The number of alkyl halides is 3. The Hall–Kier alpha value is -1.86. The highest BCUT2D eigenvalue weighted by molar-refractivity contribution is 7.80. The molecule has 2 N–H and O–H groups in total. The van der Waals surface area contributed by atoms with Crippen LogP contribution in [0.25, 0.3) is 0 Å². The third-order valence-electron chi connectivity index (χ3n) is 2.65. The highest BCUT2D eigenvalue weighted by Gasteiger charge is 2.29. The summed E-state index contributed by atoms with van der Waals surface area (Å²) in [7, 11) is 0. The molecule has 0 aliphatic rings. The van der Waals surface area contributed by atoms with Crippen molar-refractivity contribution in [2.45, 2.75) is 6.18 Å². The van der Waals surface area contributed by atoms with Crippen LogP contribution in [0.5, 0.6) is 0 Å². The van der Waals surface area contributed by atoms with E-state index in [9.17, 15) is 17.6 Å². The van der Waals surface area contributed by atoms with Gasteiger partial charge in [-0.1, -0.05) is 11.6 Å². The number of halogens is 5. The number of thiocarbonyl (C=S) groups is 1. The van der Waals surface area contributed by atoms with Gasteiger partial charge < -0.3 is 10.6 Å². The van der Waals surface area contributed by atoms with Gasteiger partial charge in [0.05, 0.1) is 16.3 Å². The fourth-order valence-electron chi connectivity index (χ4n) is 1.62. The topological polar surface area (TPSA) is 24.1 Å². The second-order valence-electron chi connectivity index (χ2n) is 4.28. The Labute approximate surface area is 134 Å². The maximum atomic E-state index is 12.9. The summed E-state index contributed by atoms with van der Waals surface area (Å²) in [5.41, 5.74) is 0.00900. The highest BCUT2D eigenvalue weighted by atomic mass is 35.5. The molecule has 0 saturated carbocycles. The number of anilines is 2. The zero-order valence-corrected chi connectivity index (χ0v) is 12.4. The summed E-state index contributed by atoms with van der Waals surface area (Å²) in [5, 5.41) is 5.70. The second-order valence-corrected chi connectivity index (χ2v) is 5.09. The molecule has 0 atom stereocenters. The molecule has 0 saturated heterocycles. The summed E-state index contributed by atoms with van der Waals surface area (Å²) in [6.45, 7) is 0. The Balaban J connectivity index is 2.03. The van der Waals surface area contributed by atoms with Crippen LogP contribution >= 0.6 is 23.8 Å². The number of hydrogen-bond acceptors (Lipinski definition) is 1. The van der Waals surface area contributed by atoms with Gasteiger partial charge in [-0.15, -0.1) is 0 Å². The SMILES string of the molecule is Fc1ccc(NC(=S)Nc2ccc(C(F)(F)F)cc2)c(Cl)c1. The van der Waals surface area contributed by atoms with Gasteiger partial charge in [0, 0.05) is 5.69 Å². The molecular formula is C14H9ClF4N2S. The quantitative estimate of drug-likeness (QED) is 0.568. The van der Waals surface area contributed by atoms with Crippen LogP contribution in [0.15, 0.2) is 42.5 Å². The Bertz CT molecular complexity index is 686. The summed E-state index contributed by atoms with van der Waals surface area (Å²) in [6.07, 6.45) is -4.39. The molecule has 0 aliphatic carbocycles. The van der Waals surface area contributed by atoms with Crippen LogP contribution < -0.4 is 10.6 Å². The molecule has 0 radical (unpaired) electrons. The maximum Gasteiger partial charge on any atom is 0.416 e. The largest absolute Gasteiger partial charge is 0.416 e. The molecule has 2 nitrogen and oxygen atoms in total. The Morgan fingerprint density at radius 1 is 1.00 bits per heavy atom. The van der Waals surface area contributed by atoms with E-state index in [1.165, 1.54) is 24.3 Å². The number of rotatable bonds is 2. The van der Waals surface area contributed by atoms with Crippen LogP contribution in [0.1, 0.15) is 5.56 Å². The predicted octanol–water partition coefficient (Wildman–Crippen LogP) is 5.31. The minimum absolute atomic E-state index is 0.119. The molecule has 0 bridgehead atoms. The second kappa shape index (κ2) is 6.50. The first-order valence-electron chi connectivity index (χ1n) is 5.96. The first-order valence-corrected chi connectivity index (χ1v) is 6.74. The molecule has 0 unspecified atom stereocenters. The summed E-state index contributed by atoms with van der Waals surface area (Å²) < 4.78 is 50.2. The number of hydrogen-bond donors (Lipinski definition) is 2. The summed E-state index contributed by atoms with van der Waals surface area (Å²) >= 11 is 10.9. The van der Waals surface area contributed by atoms with Crippen LogP contribution in [-0.4, -0.2) is 5.11 Å². The summed E-state index contributed by atoms with van der Waals surface area (Å²) in [6, 6.07) is 8.11. The monoisotopic (exact) mass is 348 g/mol. The van der Waals surface area contributed by atoms with E-state index in [2.05, 4.69) is 10.6 Å². The molecule has 8 heteroatoms. The molecule has 2 aromatic carbocycles. The Kier molecular flexibility index (Phi) is 4.87. The normalized spacial score (nSPS) is 11.1. The fraction of sp³-hybridized carbons (Fsp3) is 0.0714. The maximum absolute atomic E-state index is 12.9. The average molecular weight is 349 g/mol. The van der Waals surface area contributed by atoms with Crippen LogP contribution in [-0.2, 0) is 6.18 Å². The zero-order valence-electron chi connectivity index (χ0n) is 10.8. The highest BCUT2D eigenvalue weighted by Crippen LogP contribution is 2.30.